The number of fused-ring (bicyclic) bond motifs is 2. The lowest BCUT2D eigenvalue weighted by molar-refractivity contribution is 0.0627. The van der Waals surface area contributed by atoms with E-state index in [1.54, 1.807) is 20.2 Å². The van der Waals surface area contributed by atoms with Crippen molar-refractivity contribution in [1.82, 2.24) is 14.5 Å². The Balaban J connectivity index is 1.80. The normalized spacial score (nSPS) is 12.1. The van der Waals surface area contributed by atoms with Crippen LogP contribution in [0.15, 0.2) is 48.9 Å². The van der Waals surface area contributed by atoms with Gasteiger partial charge in [0, 0.05) is 24.9 Å². The highest BCUT2D eigenvalue weighted by molar-refractivity contribution is 6.03. The highest BCUT2D eigenvalue weighted by Gasteiger charge is 2.21. The first kappa shape index (κ1) is 24.0. The van der Waals surface area contributed by atoms with Gasteiger partial charge in [-0.2, -0.15) is 0 Å². The van der Waals surface area contributed by atoms with Crippen molar-refractivity contribution in [3.63, 3.8) is 0 Å². The number of hydrogen-bond acceptors (Lipinski definition) is 6. The Morgan fingerprint density at radius 3 is 2.59 bits per heavy atom. The first-order valence-electron chi connectivity index (χ1n) is 11.8. The molecule has 0 radical (unpaired) electrons. The van der Waals surface area contributed by atoms with Gasteiger partial charge in [0.2, 0.25) is 0 Å². The summed E-state index contributed by atoms with van der Waals surface area (Å²) in [5, 5.41) is 17.1. The molecule has 2 heterocycles. The molecule has 0 aliphatic carbocycles. The number of nitrogens with zero attached hydrogens (tertiary/aromatic N) is 3. The van der Waals surface area contributed by atoms with Crippen molar-refractivity contribution in [2.45, 2.75) is 52.9 Å². The number of anilines is 1. The van der Waals surface area contributed by atoms with E-state index >= 15 is 0 Å². The van der Waals surface area contributed by atoms with E-state index in [0.29, 0.717) is 26.3 Å². The van der Waals surface area contributed by atoms with E-state index in [1.807, 2.05) is 31.4 Å². The van der Waals surface area contributed by atoms with Crippen molar-refractivity contribution < 1.29 is 14.6 Å². The van der Waals surface area contributed by atoms with Crippen molar-refractivity contribution in [3.8, 4) is 16.9 Å². The lowest BCUT2D eigenvalue weighted by Crippen LogP contribution is -2.25. The van der Waals surface area contributed by atoms with E-state index < -0.39 is 5.60 Å². The Kier molecular flexibility index (Phi) is 7.05. The number of aromatic nitrogens is 3. The standard InChI is InChI=1S/C27H34N4O3/c1-6-33-12-11-28-25-24-23(15-31(16-27(4,5)32)26(24)30-17-29-25)21-8-7-20-14-22(34-18(2)3)10-9-19(20)13-21/h7-10,13-15,17-18,32H,6,11-12,16H2,1-5H3,(H,28,29,30). The van der Waals surface area contributed by atoms with E-state index in [4.69, 9.17) is 9.47 Å². The first-order chi connectivity index (χ1) is 16.2. The summed E-state index contributed by atoms with van der Waals surface area (Å²) >= 11 is 0. The molecule has 7 nitrogen and oxygen atoms in total. The van der Waals surface area contributed by atoms with Gasteiger partial charge in [-0.15, -0.1) is 0 Å². The fraction of sp³-hybridized carbons (Fsp3) is 0.407. The number of nitrogens with one attached hydrogen (secondary N) is 1. The van der Waals surface area contributed by atoms with Crippen LogP contribution in [0.1, 0.15) is 34.6 Å². The third-order valence-electron chi connectivity index (χ3n) is 5.45. The van der Waals surface area contributed by atoms with Gasteiger partial charge >= 0.3 is 0 Å². The molecule has 2 aromatic heterocycles. The summed E-state index contributed by atoms with van der Waals surface area (Å²) in [7, 11) is 0. The second-order valence-electron chi connectivity index (χ2n) is 9.42. The minimum atomic E-state index is -0.882. The van der Waals surface area contributed by atoms with Crippen LogP contribution in [0.5, 0.6) is 5.75 Å². The monoisotopic (exact) mass is 462 g/mol. The maximum absolute atomic E-state index is 10.5. The molecule has 0 saturated carbocycles. The van der Waals surface area contributed by atoms with Crippen molar-refractivity contribution >= 4 is 27.6 Å². The molecule has 0 spiro atoms. The van der Waals surface area contributed by atoms with E-state index in [0.717, 1.165) is 44.5 Å². The molecule has 180 valence electrons. The van der Waals surface area contributed by atoms with Crippen LogP contribution < -0.4 is 10.1 Å². The van der Waals surface area contributed by atoms with Gasteiger partial charge in [-0.1, -0.05) is 18.2 Å². The van der Waals surface area contributed by atoms with Crippen molar-refractivity contribution in [2.75, 3.05) is 25.1 Å². The molecule has 0 saturated heterocycles. The molecule has 0 aliphatic rings. The largest absolute Gasteiger partial charge is 0.491 e. The molecule has 0 atom stereocenters. The molecule has 2 aromatic carbocycles. The van der Waals surface area contributed by atoms with Gasteiger partial charge in [-0.05, 0) is 69.2 Å². The van der Waals surface area contributed by atoms with Crippen LogP contribution in [0, 0.1) is 0 Å². The lowest BCUT2D eigenvalue weighted by Gasteiger charge is -2.18. The van der Waals surface area contributed by atoms with Crippen LogP contribution >= 0.6 is 0 Å². The number of rotatable bonds is 10. The molecule has 34 heavy (non-hydrogen) atoms. The summed E-state index contributed by atoms with van der Waals surface area (Å²) in [5.41, 5.74) is 1.98. The number of benzene rings is 2. The van der Waals surface area contributed by atoms with Crippen molar-refractivity contribution in [1.29, 1.82) is 0 Å². The van der Waals surface area contributed by atoms with Gasteiger partial charge in [0.15, 0.2) is 0 Å². The van der Waals surface area contributed by atoms with E-state index in [-0.39, 0.29) is 6.10 Å². The van der Waals surface area contributed by atoms with Crippen LogP contribution in [-0.2, 0) is 11.3 Å². The molecule has 0 bridgehead atoms. The molecular formula is C27H34N4O3. The lowest BCUT2D eigenvalue weighted by atomic mass is 10.0. The predicted molar refractivity (Wildman–Crippen MR) is 138 cm³/mol. The Morgan fingerprint density at radius 2 is 1.85 bits per heavy atom. The maximum Gasteiger partial charge on any atom is 0.146 e. The third-order valence-corrected chi connectivity index (χ3v) is 5.45. The van der Waals surface area contributed by atoms with Crippen LogP contribution in [0.25, 0.3) is 32.9 Å². The van der Waals surface area contributed by atoms with Crippen LogP contribution in [0.3, 0.4) is 0 Å². The van der Waals surface area contributed by atoms with Crippen LogP contribution in [0.4, 0.5) is 5.82 Å². The fourth-order valence-electron chi connectivity index (χ4n) is 4.14. The number of ether oxygens (including phenoxy) is 2. The Bertz CT molecular complexity index is 1270. The second-order valence-corrected chi connectivity index (χ2v) is 9.42. The molecule has 0 fully saturated rings. The van der Waals surface area contributed by atoms with Gasteiger partial charge in [0.1, 0.15) is 23.5 Å². The van der Waals surface area contributed by atoms with E-state index in [1.165, 1.54) is 0 Å². The zero-order chi connectivity index (χ0) is 24.3. The average molecular weight is 463 g/mol. The van der Waals surface area contributed by atoms with Gasteiger partial charge in [-0.3, -0.25) is 0 Å². The Hall–Kier alpha value is -3.16. The Labute approximate surface area is 200 Å². The Morgan fingerprint density at radius 1 is 1.09 bits per heavy atom. The smallest absolute Gasteiger partial charge is 0.146 e. The van der Waals surface area contributed by atoms with E-state index in [2.05, 4.69) is 51.8 Å². The van der Waals surface area contributed by atoms with Crippen molar-refractivity contribution in [3.05, 3.63) is 48.9 Å². The SMILES string of the molecule is CCOCCNc1ncnc2c1c(-c1ccc3cc(OC(C)C)ccc3c1)cn2CC(C)(C)O. The summed E-state index contributed by atoms with van der Waals surface area (Å²) in [6.07, 6.45) is 3.75. The molecule has 4 aromatic rings. The van der Waals surface area contributed by atoms with Crippen molar-refractivity contribution in [2.24, 2.45) is 0 Å². The summed E-state index contributed by atoms with van der Waals surface area (Å²) < 4.78 is 13.3. The van der Waals surface area contributed by atoms with Gasteiger partial charge in [0.05, 0.1) is 30.2 Å². The second kappa shape index (κ2) is 9.99. The fourth-order valence-corrected chi connectivity index (χ4v) is 4.14. The van der Waals surface area contributed by atoms with Gasteiger partial charge in [0.25, 0.3) is 0 Å². The zero-order valence-electron chi connectivity index (χ0n) is 20.6. The number of hydrogen-bond donors (Lipinski definition) is 2. The summed E-state index contributed by atoms with van der Waals surface area (Å²) in [5.74, 6) is 1.63. The molecule has 0 amide bonds. The molecular weight excluding hydrogens is 428 g/mol. The maximum atomic E-state index is 10.5. The summed E-state index contributed by atoms with van der Waals surface area (Å²) in [4.78, 5) is 9.10. The minimum absolute atomic E-state index is 0.132. The summed E-state index contributed by atoms with van der Waals surface area (Å²) in [6.45, 7) is 12.0. The molecule has 7 heteroatoms. The van der Waals surface area contributed by atoms with Gasteiger partial charge < -0.3 is 24.5 Å². The first-order valence-corrected chi connectivity index (χ1v) is 11.8. The predicted octanol–water partition coefficient (Wildman–Crippen LogP) is 5.26. The molecule has 0 aliphatic heterocycles. The third kappa shape index (κ3) is 5.48. The summed E-state index contributed by atoms with van der Waals surface area (Å²) in [6, 6.07) is 12.6. The van der Waals surface area contributed by atoms with E-state index in [9.17, 15) is 5.11 Å². The zero-order valence-corrected chi connectivity index (χ0v) is 20.6. The average Bonchev–Trinajstić information content (AvgIpc) is 3.13. The van der Waals surface area contributed by atoms with Crippen LogP contribution in [0.2, 0.25) is 0 Å². The molecule has 0 unspecified atom stereocenters. The van der Waals surface area contributed by atoms with Gasteiger partial charge in [-0.25, -0.2) is 9.97 Å². The quantitative estimate of drug-likeness (QED) is 0.313. The molecule has 2 N–H and O–H groups in total. The highest BCUT2D eigenvalue weighted by Crippen LogP contribution is 2.36. The number of aliphatic hydroxyl groups is 1. The van der Waals surface area contributed by atoms with Crippen LogP contribution in [-0.4, -0.2) is 51.1 Å². The molecule has 4 rings (SSSR count). The topological polar surface area (TPSA) is 81.4 Å². The minimum Gasteiger partial charge on any atom is -0.491 e. The highest BCUT2D eigenvalue weighted by atomic mass is 16.5.